The summed E-state index contributed by atoms with van der Waals surface area (Å²) in [6.07, 6.45) is -3.97. The second-order valence-corrected chi connectivity index (χ2v) is 10.4. The summed E-state index contributed by atoms with van der Waals surface area (Å²) in [5.74, 6) is -5.59. The van der Waals surface area contributed by atoms with Crippen LogP contribution in [0.25, 0.3) is 12.2 Å². The maximum absolute atomic E-state index is 12.8. The maximum Gasteiger partial charge on any atom is 0.331 e. The maximum atomic E-state index is 12.8. The zero-order valence-corrected chi connectivity index (χ0v) is 25.4. The number of hydrogen-bond acceptors (Lipinski definition) is 15. The summed E-state index contributed by atoms with van der Waals surface area (Å²) in [6.45, 7) is 0.561. The highest BCUT2D eigenvalue weighted by Crippen LogP contribution is 2.40. The number of methoxy groups -OCH3 is 1. The Labute approximate surface area is 272 Å². The Balaban J connectivity index is 1.56. The Kier molecular flexibility index (Phi) is 11.1. The number of aliphatic hydroxyl groups excluding tert-OH is 2. The van der Waals surface area contributed by atoms with Crippen molar-refractivity contribution in [2.75, 3.05) is 13.7 Å². The van der Waals surface area contributed by atoms with Crippen LogP contribution in [0.5, 0.6) is 40.2 Å². The Morgan fingerprint density at radius 1 is 0.792 bits per heavy atom. The number of phenols is 5. The first-order valence-electron chi connectivity index (χ1n) is 14.2. The molecule has 0 saturated carbocycles. The van der Waals surface area contributed by atoms with Crippen LogP contribution < -0.4 is 9.47 Å². The van der Waals surface area contributed by atoms with Gasteiger partial charge in [-0.15, -0.1) is 0 Å². The van der Waals surface area contributed by atoms with E-state index in [1.807, 2.05) is 0 Å². The predicted molar refractivity (Wildman–Crippen MR) is 164 cm³/mol. The third kappa shape index (κ3) is 8.33. The molecule has 254 valence electrons. The summed E-state index contributed by atoms with van der Waals surface area (Å²) in [5.41, 5.74) is 0.388. The Morgan fingerprint density at radius 2 is 1.44 bits per heavy atom. The van der Waals surface area contributed by atoms with Gasteiger partial charge in [-0.1, -0.05) is 18.2 Å². The van der Waals surface area contributed by atoms with Crippen molar-refractivity contribution in [1.29, 1.82) is 0 Å². The van der Waals surface area contributed by atoms with Crippen LogP contribution in [0.3, 0.4) is 0 Å². The summed E-state index contributed by atoms with van der Waals surface area (Å²) in [7, 11) is 1.38. The summed E-state index contributed by atoms with van der Waals surface area (Å²) in [6, 6.07) is 10.3. The van der Waals surface area contributed by atoms with Gasteiger partial charge in [-0.3, -0.25) is 9.59 Å². The van der Waals surface area contributed by atoms with Crippen molar-refractivity contribution in [1.82, 2.24) is 0 Å². The molecule has 1 heterocycles. The van der Waals surface area contributed by atoms with Gasteiger partial charge in [0.2, 0.25) is 12.0 Å². The van der Waals surface area contributed by atoms with E-state index < -0.39 is 78.0 Å². The van der Waals surface area contributed by atoms with Gasteiger partial charge < -0.3 is 59.4 Å². The van der Waals surface area contributed by atoms with Crippen LogP contribution in [-0.2, 0) is 23.8 Å². The second-order valence-electron chi connectivity index (χ2n) is 10.4. The van der Waals surface area contributed by atoms with Gasteiger partial charge in [0.05, 0.1) is 12.7 Å². The first kappa shape index (κ1) is 35.1. The van der Waals surface area contributed by atoms with Crippen molar-refractivity contribution >= 4 is 29.9 Å². The molecular formula is C33H32O15. The minimum atomic E-state index is -1.88. The van der Waals surface area contributed by atoms with Gasteiger partial charge in [-0.2, -0.15) is 0 Å². The fraction of sp³-hybridized carbons (Fsp3) is 0.242. The molecule has 5 atom stereocenters. The van der Waals surface area contributed by atoms with Crippen LogP contribution in [-0.4, -0.2) is 97.9 Å². The van der Waals surface area contributed by atoms with Gasteiger partial charge in [0, 0.05) is 13.0 Å². The number of rotatable bonds is 11. The van der Waals surface area contributed by atoms with E-state index in [2.05, 4.69) is 0 Å². The minimum Gasteiger partial charge on any atom is -0.504 e. The smallest absolute Gasteiger partial charge is 0.331 e. The summed E-state index contributed by atoms with van der Waals surface area (Å²) in [5, 5.41) is 71.9. The van der Waals surface area contributed by atoms with E-state index in [1.54, 1.807) is 6.07 Å². The predicted octanol–water partition coefficient (Wildman–Crippen LogP) is 2.13. The van der Waals surface area contributed by atoms with Gasteiger partial charge in [0.15, 0.2) is 46.4 Å². The van der Waals surface area contributed by atoms with Gasteiger partial charge in [0.1, 0.15) is 24.9 Å². The van der Waals surface area contributed by atoms with Crippen LogP contribution in [0.15, 0.2) is 60.7 Å². The number of aliphatic hydroxyl groups is 2. The average Bonchev–Trinajstić information content (AvgIpc) is 3.05. The highest BCUT2D eigenvalue weighted by molar-refractivity contribution is 6.09. The van der Waals surface area contributed by atoms with E-state index in [-0.39, 0.29) is 22.8 Å². The van der Waals surface area contributed by atoms with Crippen LogP contribution in [0.4, 0.5) is 0 Å². The molecule has 1 saturated heterocycles. The summed E-state index contributed by atoms with van der Waals surface area (Å²) in [4.78, 5) is 36.9. The number of ketones is 1. The van der Waals surface area contributed by atoms with E-state index in [9.17, 15) is 50.1 Å². The van der Waals surface area contributed by atoms with Crippen molar-refractivity contribution in [2.24, 2.45) is 0 Å². The largest absolute Gasteiger partial charge is 0.504 e. The quantitative estimate of drug-likeness (QED) is 0.0670. The third-order valence-electron chi connectivity index (χ3n) is 7.01. The fourth-order valence-corrected chi connectivity index (χ4v) is 4.50. The summed E-state index contributed by atoms with van der Waals surface area (Å²) >= 11 is 0. The molecule has 4 rings (SSSR count). The zero-order valence-electron chi connectivity index (χ0n) is 25.4. The molecule has 3 aromatic rings. The molecule has 0 aromatic heterocycles. The van der Waals surface area contributed by atoms with Crippen molar-refractivity contribution in [3.63, 3.8) is 0 Å². The van der Waals surface area contributed by atoms with Crippen LogP contribution in [0.2, 0.25) is 0 Å². The van der Waals surface area contributed by atoms with E-state index in [0.29, 0.717) is 11.1 Å². The van der Waals surface area contributed by atoms with Crippen molar-refractivity contribution < 1.29 is 73.8 Å². The van der Waals surface area contributed by atoms with Crippen LogP contribution in [0, 0.1) is 0 Å². The molecule has 1 aliphatic heterocycles. The molecular weight excluding hydrogens is 636 g/mol. The van der Waals surface area contributed by atoms with E-state index >= 15 is 0 Å². The number of hydrogen-bond donors (Lipinski definition) is 7. The number of ether oxygens (including phenoxy) is 5. The number of aromatic hydroxyl groups is 5. The van der Waals surface area contributed by atoms with Crippen molar-refractivity contribution in [3.05, 3.63) is 77.4 Å². The third-order valence-corrected chi connectivity index (χ3v) is 7.01. The molecule has 0 bridgehead atoms. The van der Waals surface area contributed by atoms with E-state index in [4.69, 9.17) is 23.7 Å². The Bertz CT molecular complexity index is 1730. The standard InChI is InChI=1S/C33H32O15/c1-16(34)45-15-26-30(42)31(43)32(48-27(39)12-6-18-4-9-21(36)22(37)13-18)33(47-26)46-25-11-7-19(28(40)29(25)41)20(35)8-3-17-5-10-24(44-2)23(38)14-17/h3-14,26,30-33,36-38,40-43H,15H2,1-2H3. The van der Waals surface area contributed by atoms with Crippen LogP contribution >= 0.6 is 0 Å². The molecule has 3 aromatic carbocycles. The van der Waals surface area contributed by atoms with E-state index in [1.165, 1.54) is 43.5 Å². The monoisotopic (exact) mass is 668 g/mol. The number of carbonyl (C=O) groups is 3. The number of allylic oxidation sites excluding steroid dienone is 1. The van der Waals surface area contributed by atoms with Gasteiger partial charge in [0.25, 0.3) is 0 Å². The highest BCUT2D eigenvalue weighted by Gasteiger charge is 2.48. The highest BCUT2D eigenvalue weighted by atomic mass is 16.7. The second kappa shape index (κ2) is 15.2. The number of esters is 2. The minimum absolute atomic E-state index is 0.163. The number of benzene rings is 3. The lowest BCUT2D eigenvalue weighted by molar-refractivity contribution is -0.282. The molecule has 1 fully saturated rings. The summed E-state index contributed by atoms with van der Waals surface area (Å²) < 4.78 is 26.4. The molecule has 7 N–H and O–H groups in total. The number of phenolic OH excluding ortho intramolecular Hbond substituents is 5. The molecule has 15 heteroatoms. The molecule has 0 aliphatic carbocycles. The van der Waals surface area contributed by atoms with Crippen LogP contribution in [0.1, 0.15) is 28.4 Å². The lowest BCUT2D eigenvalue weighted by Crippen LogP contribution is -2.61. The normalized spacial score (nSPS) is 20.8. The van der Waals surface area contributed by atoms with Gasteiger partial charge >= 0.3 is 11.9 Å². The van der Waals surface area contributed by atoms with Gasteiger partial charge in [-0.25, -0.2) is 4.79 Å². The first-order valence-corrected chi connectivity index (χ1v) is 14.2. The average molecular weight is 669 g/mol. The topological polar surface area (TPSA) is 239 Å². The SMILES string of the molecule is COc1ccc(C=CC(=O)c2ccc(OC3OC(COC(C)=O)C(O)C(O)C3OC(=O)C=Cc3ccc(O)c(O)c3)c(O)c2O)cc1O. The molecule has 0 amide bonds. The van der Waals surface area contributed by atoms with Crippen molar-refractivity contribution in [2.45, 2.75) is 37.6 Å². The first-order chi connectivity index (χ1) is 22.8. The molecule has 1 aliphatic rings. The fourth-order valence-electron chi connectivity index (χ4n) is 4.50. The lowest BCUT2D eigenvalue weighted by Gasteiger charge is -2.41. The van der Waals surface area contributed by atoms with Crippen molar-refractivity contribution in [3.8, 4) is 40.2 Å². The van der Waals surface area contributed by atoms with Gasteiger partial charge in [-0.05, 0) is 59.7 Å². The molecule has 0 radical (unpaired) electrons. The molecule has 15 nitrogen and oxygen atoms in total. The Morgan fingerprint density at radius 3 is 2.08 bits per heavy atom. The molecule has 0 spiro atoms. The number of carbonyl (C=O) groups excluding carboxylic acids is 3. The van der Waals surface area contributed by atoms with E-state index in [0.717, 1.165) is 37.3 Å². The molecule has 48 heavy (non-hydrogen) atoms. The lowest BCUT2D eigenvalue weighted by atomic mass is 9.99. The molecule has 5 unspecified atom stereocenters. The zero-order chi connectivity index (χ0) is 35.1. The Hall–Kier alpha value is -5.77.